The lowest BCUT2D eigenvalue weighted by Crippen LogP contribution is -2.27. The number of aryl methyl sites for hydroxylation is 1. The lowest BCUT2D eigenvalue weighted by molar-refractivity contribution is 0.464. The first-order valence-electron chi connectivity index (χ1n) is 5.80. The lowest BCUT2D eigenvalue weighted by Gasteiger charge is -2.16. The van der Waals surface area contributed by atoms with Crippen LogP contribution in [0.2, 0.25) is 15.2 Å². The zero-order valence-corrected chi connectivity index (χ0v) is 14.3. The molecule has 0 aliphatic carbocycles. The number of hydrogen-bond acceptors (Lipinski definition) is 3. The standard InChI is InChI=1S/C12H12Cl3N3O2S/c1-17-7-16-12(11(17)15)21(19,20)18(2)6-8-3-4-9(13)10(14)5-8/h3-5,7H,6H2,1-2H3. The van der Waals surface area contributed by atoms with Gasteiger partial charge in [-0.2, -0.15) is 4.31 Å². The maximum absolute atomic E-state index is 12.4. The third kappa shape index (κ3) is 3.35. The molecule has 1 aromatic heterocycles. The van der Waals surface area contributed by atoms with Crippen molar-refractivity contribution in [1.82, 2.24) is 13.9 Å². The second-order valence-corrected chi connectivity index (χ2v) is 7.59. The smallest absolute Gasteiger partial charge is 0.263 e. The van der Waals surface area contributed by atoms with Crippen LogP contribution in [0.15, 0.2) is 29.6 Å². The van der Waals surface area contributed by atoms with E-state index in [1.807, 2.05) is 0 Å². The van der Waals surface area contributed by atoms with Crippen molar-refractivity contribution < 1.29 is 8.42 Å². The summed E-state index contributed by atoms with van der Waals surface area (Å²) in [5.74, 6) is 0. The van der Waals surface area contributed by atoms with E-state index in [1.54, 1.807) is 25.2 Å². The molecule has 0 aliphatic rings. The molecule has 0 saturated heterocycles. The van der Waals surface area contributed by atoms with Gasteiger partial charge in [0.05, 0.1) is 16.4 Å². The van der Waals surface area contributed by atoms with E-state index in [9.17, 15) is 8.42 Å². The average molecular weight is 369 g/mol. The topological polar surface area (TPSA) is 55.2 Å². The first-order valence-corrected chi connectivity index (χ1v) is 8.38. The van der Waals surface area contributed by atoms with Crippen LogP contribution in [0.1, 0.15) is 5.56 Å². The number of halogens is 3. The molecular weight excluding hydrogens is 357 g/mol. The van der Waals surface area contributed by atoms with Gasteiger partial charge in [0.15, 0.2) is 0 Å². The average Bonchev–Trinajstić information content (AvgIpc) is 2.75. The number of aromatic nitrogens is 2. The summed E-state index contributed by atoms with van der Waals surface area (Å²) >= 11 is 17.7. The van der Waals surface area contributed by atoms with Gasteiger partial charge in [-0.15, -0.1) is 0 Å². The molecule has 114 valence electrons. The summed E-state index contributed by atoms with van der Waals surface area (Å²) in [6.07, 6.45) is 1.35. The Balaban J connectivity index is 2.28. The molecule has 0 atom stereocenters. The minimum Gasteiger partial charge on any atom is -0.324 e. The molecule has 0 spiro atoms. The van der Waals surface area contributed by atoms with Crippen LogP contribution < -0.4 is 0 Å². The summed E-state index contributed by atoms with van der Waals surface area (Å²) in [6, 6.07) is 4.95. The Bertz CT molecular complexity index is 774. The second-order valence-electron chi connectivity index (χ2n) is 4.46. The molecule has 0 aliphatic heterocycles. The van der Waals surface area contributed by atoms with E-state index in [1.165, 1.54) is 17.9 Å². The molecule has 0 fully saturated rings. The summed E-state index contributed by atoms with van der Waals surface area (Å²) in [5.41, 5.74) is 0.711. The summed E-state index contributed by atoms with van der Waals surface area (Å²) in [5, 5.41) is 0.680. The molecule has 1 aromatic carbocycles. The highest BCUT2D eigenvalue weighted by Gasteiger charge is 2.27. The van der Waals surface area contributed by atoms with Gasteiger partial charge < -0.3 is 4.57 Å². The van der Waals surface area contributed by atoms with Crippen LogP contribution in [-0.4, -0.2) is 29.3 Å². The van der Waals surface area contributed by atoms with Crippen molar-refractivity contribution >= 4 is 44.8 Å². The van der Waals surface area contributed by atoms with E-state index in [2.05, 4.69) is 4.98 Å². The maximum Gasteiger partial charge on any atom is 0.263 e. The highest BCUT2D eigenvalue weighted by atomic mass is 35.5. The van der Waals surface area contributed by atoms with Crippen molar-refractivity contribution in [3.8, 4) is 0 Å². The molecule has 0 saturated carbocycles. The molecule has 2 aromatic rings. The summed E-state index contributed by atoms with van der Waals surface area (Å²) < 4.78 is 27.4. The largest absolute Gasteiger partial charge is 0.324 e. The predicted molar refractivity (Wildman–Crippen MR) is 83.3 cm³/mol. The fraction of sp³-hybridized carbons (Fsp3) is 0.250. The lowest BCUT2D eigenvalue weighted by atomic mass is 10.2. The van der Waals surface area contributed by atoms with Crippen LogP contribution in [0.4, 0.5) is 0 Å². The van der Waals surface area contributed by atoms with Crippen molar-refractivity contribution in [2.45, 2.75) is 11.6 Å². The predicted octanol–water partition coefficient (Wildman–Crippen LogP) is 3.20. The van der Waals surface area contributed by atoms with Crippen molar-refractivity contribution in [3.63, 3.8) is 0 Å². The van der Waals surface area contributed by atoms with E-state index in [0.717, 1.165) is 4.31 Å². The zero-order chi connectivity index (χ0) is 15.8. The zero-order valence-electron chi connectivity index (χ0n) is 11.2. The number of imidazole rings is 1. The molecule has 9 heteroatoms. The first-order chi connectivity index (χ1) is 9.73. The number of rotatable bonds is 4. The van der Waals surface area contributed by atoms with Gasteiger partial charge in [-0.25, -0.2) is 13.4 Å². The van der Waals surface area contributed by atoms with E-state index < -0.39 is 10.0 Å². The van der Waals surface area contributed by atoms with Crippen molar-refractivity contribution in [2.24, 2.45) is 7.05 Å². The summed E-state index contributed by atoms with van der Waals surface area (Å²) in [4.78, 5) is 3.84. The summed E-state index contributed by atoms with van der Waals surface area (Å²) in [7, 11) is -0.711. The van der Waals surface area contributed by atoms with Gasteiger partial charge in [0.1, 0.15) is 5.15 Å². The Kier molecular flexibility index (Phi) is 4.85. The first kappa shape index (κ1) is 16.6. The van der Waals surface area contributed by atoms with Crippen molar-refractivity contribution in [2.75, 3.05) is 7.05 Å². The molecule has 5 nitrogen and oxygen atoms in total. The van der Waals surface area contributed by atoms with Crippen LogP contribution in [0, 0.1) is 0 Å². The van der Waals surface area contributed by atoms with Gasteiger partial charge in [0.25, 0.3) is 10.0 Å². The number of benzene rings is 1. The highest BCUT2D eigenvalue weighted by molar-refractivity contribution is 7.89. The second kappa shape index (κ2) is 6.14. The SMILES string of the molecule is CN(Cc1ccc(Cl)c(Cl)c1)S(=O)(=O)c1ncn(C)c1Cl. The van der Waals surface area contributed by atoms with Crippen LogP contribution in [-0.2, 0) is 23.6 Å². The van der Waals surface area contributed by atoms with Gasteiger partial charge in [0.2, 0.25) is 5.03 Å². The molecule has 0 unspecified atom stereocenters. The molecule has 0 radical (unpaired) electrons. The summed E-state index contributed by atoms with van der Waals surface area (Å²) in [6.45, 7) is 0.131. The minimum atomic E-state index is -3.78. The maximum atomic E-state index is 12.4. The van der Waals surface area contributed by atoms with Crippen LogP contribution in [0.5, 0.6) is 0 Å². The normalized spacial score (nSPS) is 12.1. The fourth-order valence-electron chi connectivity index (χ4n) is 1.69. The molecular formula is C12H12Cl3N3O2S. The van der Waals surface area contributed by atoms with Crippen LogP contribution >= 0.6 is 34.8 Å². The molecule has 0 amide bonds. The number of sulfonamides is 1. The molecule has 21 heavy (non-hydrogen) atoms. The van der Waals surface area contributed by atoms with E-state index in [0.29, 0.717) is 15.6 Å². The van der Waals surface area contributed by atoms with Gasteiger partial charge in [-0.05, 0) is 17.7 Å². The molecule has 1 heterocycles. The third-order valence-electron chi connectivity index (χ3n) is 2.88. The van der Waals surface area contributed by atoms with Crippen LogP contribution in [0.3, 0.4) is 0 Å². The van der Waals surface area contributed by atoms with Gasteiger partial charge >= 0.3 is 0 Å². The van der Waals surface area contributed by atoms with Gasteiger partial charge in [-0.3, -0.25) is 0 Å². The Morgan fingerprint density at radius 2 is 1.90 bits per heavy atom. The Hall–Kier alpha value is -0.790. The van der Waals surface area contributed by atoms with Gasteiger partial charge in [-0.1, -0.05) is 40.9 Å². The highest BCUT2D eigenvalue weighted by Crippen LogP contribution is 2.26. The quantitative estimate of drug-likeness (QED) is 0.832. The monoisotopic (exact) mass is 367 g/mol. The number of hydrogen-bond donors (Lipinski definition) is 0. The van der Waals surface area contributed by atoms with Crippen molar-refractivity contribution in [1.29, 1.82) is 0 Å². The minimum absolute atomic E-state index is 0.0657. The Morgan fingerprint density at radius 3 is 2.43 bits per heavy atom. The van der Waals surface area contributed by atoms with E-state index >= 15 is 0 Å². The van der Waals surface area contributed by atoms with E-state index in [4.69, 9.17) is 34.8 Å². The molecule has 0 bridgehead atoms. The van der Waals surface area contributed by atoms with Gasteiger partial charge in [0, 0.05) is 20.6 Å². The Labute approximate surface area is 138 Å². The van der Waals surface area contributed by atoms with Crippen LogP contribution in [0.25, 0.3) is 0 Å². The number of nitrogens with zero attached hydrogens (tertiary/aromatic N) is 3. The molecule has 2 rings (SSSR count). The third-order valence-corrected chi connectivity index (χ3v) is 5.91. The Morgan fingerprint density at radius 1 is 1.24 bits per heavy atom. The van der Waals surface area contributed by atoms with Crippen molar-refractivity contribution in [3.05, 3.63) is 45.3 Å². The fourth-order valence-corrected chi connectivity index (χ4v) is 3.55. The van der Waals surface area contributed by atoms with E-state index in [-0.39, 0.29) is 16.7 Å². The molecule has 0 N–H and O–H groups in total.